The molecule has 1 amide bonds. The summed E-state index contributed by atoms with van der Waals surface area (Å²) in [6, 6.07) is 11.4. The zero-order chi connectivity index (χ0) is 19.7. The number of para-hydroxylation sites is 1. The highest BCUT2D eigenvalue weighted by atomic mass is 19.1. The number of nitrogens with zero attached hydrogens (tertiary/aromatic N) is 1. The average molecular weight is 378 g/mol. The monoisotopic (exact) mass is 378 g/mol. The Morgan fingerprint density at radius 1 is 1.18 bits per heavy atom. The Kier molecular flexibility index (Phi) is 5.21. The Hall–Kier alpha value is -2.62. The van der Waals surface area contributed by atoms with Crippen LogP contribution >= 0.6 is 0 Å². The maximum Gasteiger partial charge on any atom is 0.223 e. The molecule has 3 nitrogen and oxygen atoms in total. The number of rotatable bonds is 5. The minimum absolute atomic E-state index is 0.115. The number of carbonyl (C=O) groups is 1. The number of H-pyrrole nitrogens is 1. The maximum absolute atomic E-state index is 14.8. The normalized spacial score (nSPS) is 15.3. The van der Waals surface area contributed by atoms with E-state index < -0.39 is 0 Å². The number of aromatic nitrogens is 1. The van der Waals surface area contributed by atoms with E-state index in [1.165, 1.54) is 11.6 Å². The average Bonchev–Trinajstić information content (AvgIpc) is 3.38. The lowest BCUT2D eigenvalue weighted by Gasteiger charge is -2.22. The van der Waals surface area contributed by atoms with Crippen LogP contribution in [-0.2, 0) is 11.2 Å². The summed E-state index contributed by atoms with van der Waals surface area (Å²) in [7, 11) is 0. The van der Waals surface area contributed by atoms with Crippen LogP contribution < -0.4 is 0 Å². The Bertz CT molecular complexity index is 1000. The summed E-state index contributed by atoms with van der Waals surface area (Å²) in [4.78, 5) is 18.3. The van der Waals surface area contributed by atoms with Gasteiger partial charge in [0, 0.05) is 42.5 Å². The Balaban J connectivity index is 1.81. The molecule has 1 fully saturated rings. The van der Waals surface area contributed by atoms with E-state index in [1.807, 2.05) is 30.2 Å². The molecule has 1 N–H and O–H groups in total. The highest BCUT2D eigenvalue weighted by molar-refractivity contribution is 5.88. The lowest BCUT2D eigenvalue weighted by Crippen LogP contribution is -2.29. The number of aromatic amines is 1. The van der Waals surface area contributed by atoms with Crippen molar-refractivity contribution in [3.8, 4) is 0 Å². The quantitative estimate of drug-likeness (QED) is 0.641. The number of likely N-dealkylation sites (tertiary alicyclic amines) is 1. The number of amides is 1. The van der Waals surface area contributed by atoms with E-state index in [4.69, 9.17) is 0 Å². The number of hydrogen-bond donors (Lipinski definition) is 1. The molecule has 0 aliphatic carbocycles. The van der Waals surface area contributed by atoms with Gasteiger partial charge in [0.15, 0.2) is 0 Å². The summed E-state index contributed by atoms with van der Waals surface area (Å²) in [5.41, 5.74) is 4.94. The van der Waals surface area contributed by atoms with Gasteiger partial charge in [0.25, 0.3) is 0 Å². The second-order valence-corrected chi connectivity index (χ2v) is 7.81. The smallest absolute Gasteiger partial charge is 0.223 e. The van der Waals surface area contributed by atoms with E-state index in [2.05, 4.69) is 24.0 Å². The molecule has 0 unspecified atom stereocenters. The molecule has 28 heavy (non-hydrogen) atoms. The summed E-state index contributed by atoms with van der Waals surface area (Å²) in [5.74, 6) is -0.427. The molecule has 1 aliphatic heterocycles. The topological polar surface area (TPSA) is 36.1 Å². The largest absolute Gasteiger partial charge is 0.361 e. The molecule has 3 aromatic rings. The fourth-order valence-corrected chi connectivity index (χ4v) is 4.41. The molecule has 0 spiro atoms. The standard InChI is InChI=1S/C24H27FN2O/c1-3-17-7-6-8-18-21(15-26-24(17)18)19(14-23(28)27-11-4-5-12-27)20-13-16(2)9-10-22(20)25/h6-10,13,15,19,26H,3-5,11-12,14H2,1-2H3/t19-/m0/s1. The third kappa shape index (κ3) is 3.44. The number of hydrogen-bond acceptors (Lipinski definition) is 1. The number of aryl methyl sites for hydroxylation is 2. The van der Waals surface area contributed by atoms with E-state index in [0.717, 1.165) is 54.4 Å². The predicted molar refractivity (Wildman–Crippen MR) is 111 cm³/mol. The van der Waals surface area contributed by atoms with Crippen molar-refractivity contribution in [2.45, 2.75) is 45.4 Å². The van der Waals surface area contributed by atoms with E-state index in [-0.39, 0.29) is 17.6 Å². The minimum atomic E-state index is -0.297. The molecule has 0 bridgehead atoms. The van der Waals surface area contributed by atoms with Crippen molar-refractivity contribution in [1.82, 2.24) is 9.88 Å². The van der Waals surface area contributed by atoms with Gasteiger partial charge in [0.05, 0.1) is 0 Å². The Morgan fingerprint density at radius 2 is 1.96 bits per heavy atom. The first-order chi connectivity index (χ1) is 13.6. The van der Waals surface area contributed by atoms with Crippen LogP contribution in [-0.4, -0.2) is 28.9 Å². The summed E-state index contributed by atoms with van der Waals surface area (Å²) in [6.07, 6.45) is 5.30. The molecule has 1 saturated heterocycles. The summed E-state index contributed by atoms with van der Waals surface area (Å²) < 4.78 is 14.8. The van der Waals surface area contributed by atoms with Crippen molar-refractivity contribution in [2.75, 3.05) is 13.1 Å². The number of carbonyl (C=O) groups excluding carboxylic acids is 1. The van der Waals surface area contributed by atoms with Crippen molar-refractivity contribution in [2.24, 2.45) is 0 Å². The Labute approximate surface area is 165 Å². The van der Waals surface area contributed by atoms with Gasteiger partial charge in [-0.25, -0.2) is 4.39 Å². The van der Waals surface area contributed by atoms with Gasteiger partial charge < -0.3 is 9.88 Å². The van der Waals surface area contributed by atoms with Crippen LogP contribution in [0.25, 0.3) is 10.9 Å². The highest BCUT2D eigenvalue weighted by Crippen LogP contribution is 2.36. The molecule has 146 valence electrons. The third-order valence-corrected chi connectivity index (χ3v) is 5.95. The third-order valence-electron chi connectivity index (χ3n) is 5.95. The van der Waals surface area contributed by atoms with Crippen molar-refractivity contribution in [1.29, 1.82) is 0 Å². The second-order valence-electron chi connectivity index (χ2n) is 7.81. The first-order valence-electron chi connectivity index (χ1n) is 10.2. The van der Waals surface area contributed by atoms with E-state index in [1.54, 1.807) is 6.07 Å². The molecule has 0 radical (unpaired) electrons. The first kappa shape index (κ1) is 18.7. The number of nitrogens with one attached hydrogen (secondary N) is 1. The molecule has 4 heteroatoms. The summed E-state index contributed by atoms with van der Waals surface area (Å²) >= 11 is 0. The predicted octanol–water partition coefficient (Wildman–Crippen LogP) is 5.32. The number of fused-ring (bicyclic) bond motifs is 1. The van der Waals surface area contributed by atoms with E-state index in [0.29, 0.717) is 12.0 Å². The van der Waals surface area contributed by atoms with Crippen LogP contribution in [0.15, 0.2) is 42.6 Å². The van der Waals surface area contributed by atoms with Crippen molar-refractivity contribution < 1.29 is 9.18 Å². The molecule has 1 aliphatic rings. The Morgan fingerprint density at radius 3 is 2.71 bits per heavy atom. The fraction of sp³-hybridized carbons (Fsp3) is 0.375. The zero-order valence-electron chi connectivity index (χ0n) is 16.6. The van der Waals surface area contributed by atoms with Gasteiger partial charge in [0.2, 0.25) is 5.91 Å². The van der Waals surface area contributed by atoms with Gasteiger partial charge in [-0.05, 0) is 48.9 Å². The molecule has 1 atom stereocenters. The van der Waals surface area contributed by atoms with Gasteiger partial charge in [-0.2, -0.15) is 0 Å². The van der Waals surface area contributed by atoms with Gasteiger partial charge >= 0.3 is 0 Å². The van der Waals surface area contributed by atoms with Crippen LogP contribution in [0.5, 0.6) is 0 Å². The first-order valence-corrected chi connectivity index (χ1v) is 10.2. The maximum atomic E-state index is 14.8. The number of halogens is 1. The van der Waals surface area contributed by atoms with Crippen LogP contribution in [0.4, 0.5) is 4.39 Å². The van der Waals surface area contributed by atoms with E-state index >= 15 is 0 Å². The van der Waals surface area contributed by atoms with Crippen molar-refractivity contribution >= 4 is 16.8 Å². The second kappa shape index (κ2) is 7.78. The van der Waals surface area contributed by atoms with Gasteiger partial charge in [-0.1, -0.05) is 42.8 Å². The van der Waals surface area contributed by atoms with Crippen LogP contribution in [0.3, 0.4) is 0 Å². The molecule has 2 aromatic carbocycles. The summed E-state index contributed by atoms with van der Waals surface area (Å²) in [6.45, 7) is 5.72. The van der Waals surface area contributed by atoms with Crippen LogP contribution in [0.2, 0.25) is 0 Å². The lowest BCUT2D eigenvalue weighted by molar-refractivity contribution is -0.130. The van der Waals surface area contributed by atoms with Gasteiger partial charge in [-0.15, -0.1) is 0 Å². The molecular formula is C24H27FN2O. The fourth-order valence-electron chi connectivity index (χ4n) is 4.41. The number of benzene rings is 2. The molecule has 2 heterocycles. The highest BCUT2D eigenvalue weighted by Gasteiger charge is 2.27. The minimum Gasteiger partial charge on any atom is -0.361 e. The summed E-state index contributed by atoms with van der Waals surface area (Å²) in [5, 5.41) is 1.08. The molecule has 1 aromatic heterocycles. The zero-order valence-corrected chi connectivity index (χ0v) is 16.6. The van der Waals surface area contributed by atoms with E-state index in [9.17, 15) is 9.18 Å². The van der Waals surface area contributed by atoms with Gasteiger partial charge in [-0.3, -0.25) is 4.79 Å². The molecule has 4 rings (SSSR count). The van der Waals surface area contributed by atoms with Crippen LogP contribution in [0.1, 0.15) is 54.4 Å². The lowest BCUT2D eigenvalue weighted by atomic mass is 9.86. The van der Waals surface area contributed by atoms with Gasteiger partial charge in [0.1, 0.15) is 5.82 Å². The van der Waals surface area contributed by atoms with Crippen molar-refractivity contribution in [3.63, 3.8) is 0 Å². The molecule has 0 saturated carbocycles. The molecular weight excluding hydrogens is 351 g/mol. The SMILES string of the molecule is CCc1cccc2c([C@@H](CC(=O)N3CCCC3)c3cc(C)ccc3F)c[nH]c12. The van der Waals surface area contributed by atoms with Crippen LogP contribution in [0, 0.1) is 12.7 Å². The van der Waals surface area contributed by atoms with Crippen molar-refractivity contribution in [3.05, 3.63) is 70.7 Å².